The van der Waals surface area contributed by atoms with Gasteiger partial charge in [0.15, 0.2) is 0 Å². The molecule has 3 amide bonds. The second kappa shape index (κ2) is 6.32. The molecule has 0 aliphatic carbocycles. The summed E-state index contributed by atoms with van der Waals surface area (Å²) in [4.78, 5) is 25.5. The maximum absolute atomic E-state index is 12.0. The van der Waals surface area contributed by atoms with Crippen LogP contribution in [0.25, 0.3) is 0 Å². The van der Waals surface area contributed by atoms with Gasteiger partial charge in [-0.15, -0.1) is 0 Å². The van der Waals surface area contributed by atoms with Crippen molar-refractivity contribution in [1.29, 1.82) is 0 Å². The molecule has 0 bridgehead atoms. The van der Waals surface area contributed by atoms with Gasteiger partial charge in [0.1, 0.15) is 6.04 Å². The van der Waals surface area contributed by atoms with Crippen LogP contribution in [-0.2, 0) is 4.79 Å². The molecule has 0 saturated carbocycles. The Morgan fingerprint density at radius 3 is 2.63 bits per heavy atom. The molecule has 3 N–H and O–H groups in total. The summed E-state index contributed by atoms with van der Waals surface area (Å²) < 4.78 is 0. The van der Waals surface area contributed by atoms with E-state index >= 15 is 0 Å². The molecule has 5 nitrogen and oxygen atoms in total. The van der Waals surface area contributed by atoms with Crippen LogP contribution < -0.4 is 11.1 Å². The van der Waals surface area contributed by atoms with Crippen LogP contribution in [0.2, 0.25) is 0 Å². The predicted octanol–water partition coefficient (Wildman–Crippen LogP) is 1.80. The lowest BCUT2D eigenvalue weighted by atomic mass is 9.88. The smallest absolute Gasteiger partial charge is 0.324 e. The molecular weight excluding hydrogens is 262 g/mol. The average molecular weight is 285 g/mol. The number of hydrogen-bond donors (Lipinski definition) is 2. The lowest BCUT2D eigenvalue weighted by molar-refractivity contribution is -0.127. The van der Waals surface area contributed by atoms with Gasteiger partial charge in [-0.3, -0.25) is 9.69 Å². The van der Waals surface area contributed by atoms with Crippen molar-refractivity contribution in [2.45, 2.75) is 52.5 Å². The van der Waals surface area contributed by atoms with Crippen LogP contribution in [0, 0.1) is 5.41 Å². The molecule has 1 atom stereocenters. The van der Waals surface area contributed by atoms with E-state index in [9.17, 15) is 9.59 Å². The van der Waals surface area contributed by atoms with Gasteiger partial charge in [0.2, 0.25) is 0 Å². The van der Waals surface area contributed by atoms with E-state index in [-0.39, 0.29) is 23.4 Å². The molecule has 1 fully saturated rings. The monoisotopic (exact) mass is 285 g/mol. The number of nitrogens with zero attached hydrogens (tertiary/aromatic N) is 1. The Labute approximate surface area is 119 Å². The Morgan fingerprint density at radius 2 is 2.11 bits per heavy atom. The molecule has 0 aromatic heterocycles. The molecule has 1 unspecified atom stereocenters. The van der Waals surface area contributed by atoms with Crippen molar-refractivity contribution in [3.8, 4) is 0 Å². The summed E-state index contributed by atoms with van der Waals surface area (Å²) in [7, 11) is 0. The van der Waals surface area contributed by atoms with Crippen LogP contribution in [0.5, 0.6) is 0 Å². The summed E-state index contributed by atoms with van der Waals surface area (Å²) in [5.41, 5.74) is 5.41. The summed E-state index contributed by atoms with van der Waals surface area (Å²) >= 11 is 5.00. The number of imide groups is 1. The van der Waals surface area contributed by atoms with Gasteiger partial charge in [0, 0.05) is 12.0 Å². The van der Waals surface area contributed by atoms with Crippen molar-refractivity contribution in [1.82, 2.24) is 10.2 Å². The van der Waals surface area contributed by atoms with E-state index < -0.39 is 0 Å². The van der Waals surface area contributed by atoms with Gasteiger partial charge in [0.25, 0.3) is 5.91 Å². The SMILES string of the molecule is CCCC1NC(=O)N(CCCC(C)(C)C(N)=S)C1=O. The molecule has 1 aliphatic rings. The van der Waals surface area contributed by atoms with Gasteiger partial charge in [0.05, 0.1) is 4.99 Å². The molecule has 1 aliphatic heterocycles. The number of carbonyl (C=O) groups is 2. The minimum atomic E-state index is -0.346. The standard InChI is InChI=1S/C13H23N3O2S/c1-4-6-9-10(17)16(12(18)15-9)8-5-7-13(2,3)11(14)19/h9H,4-8H2,1-3H3,(H2,14,19)(H,15,18). The first kappa shape index (κ1) is 15.9. The maximum atomic E-state index is 12.0. The maximum Gasteiger partial charge on any atom is 0.324 e. The third-order valence-electron chi connectivity index (χ3n) is 3.53. The van der Waals surface area contributed by atoms with Gasteiger partial charge in [-0.2, -0.15) is 0 Å². The quantitative estimate of drug-likeness (QED) is 0.552. The Balaban J connectivity index is 2.48. The number of nitrogens with two attached hydrogens (primary N) is 1. The van der Waals surface area contributed by atoms with Crippen LogP contribution in [0.4, 0.5) is 4.79 Å². The van der Waals surface area contributed by atoms with Crippen molar-refractivity contribution in [2.75, 3.05) is 6.54 Å². The molecule has 6 heteroatoms. The highest BCUT2D eigenvalue weighted by molar-refractivity contribution is 7.80. The van der Waals surface area contributed by atoms with Crippen LogP contribution in [0.3, 0.4) is 0 Å². The summed E-state index contributed by atoms with van der Waals surface area (Å²) in [5.74, 6) is -0.111. The average Bonchev–Trinajstić information content (AvgIpc) is 2.57. The molecule has 0 aromatic carbocycles. The summed E-state index contributed by atoms with van der Waals surface area (Å²) in [6, 6.07) is -0.627. The van der Waals surface area contributed by atoms with E-state index in [1.54, 1.807) is 0 Å². The second-order valence-electron chi connectivity index (χ2n) is 5.63. The van der Waals surface area contributed by atoms with Crippen LogP contribution >= 0.6 is 12.2 Å². The number of thiocarbonyl (C=S) groups is 1. The van der Waals surface area contributed by atoms with Crippen LogP contribution in [-0.4, -0.2) is 34.4 Å². The fourth-order valence-electron chi connectivity index (χ4n) is 2.08. The van der Waals surface area contributed by atoms with Gasteiger partial charge in [-0.25, -0.2) is 4.79 Å². The second-order valence-corrected chi connectivity index (χ2v) is 6.07. The number of urea groups is 1. The van der Waals surface area contributed by atoms with Crippen LogP contribution in [0.15, 0.2) is 0 Å². The highest BCUT2D eigenvalue weighted by atomic mass is 32.1. The minimum Gasteiger partial charge on any atom is -0.393 e. The zero-order valence-corrected chi connectivity index (χ0v) is 12.7. The van der Waals surface area contributed by atoms with Crippen molar-refractivity contribution in [3.05, 3.63) is 0 Å². The van der Waals surface area contributed by atoms with E-state index in [1.165, 1.54) is 4.90 Å². The first-order valence-electron chi connectivity index (χ1n) is 6.71. The lowest BCUT2D eigenvalue weighted by Crippen LogP contribution is -2.34. The molecule has 0 radical (unpaired) electrons. The summed E-state index contributed by atoms with van der Waals surface area (Å²) in [6.45, 7) is 6.37. The van der Waals surface area contributed by atoms with Gasteiger partial charge in [-0.05, 0) is 19.3 Å². The van der Waals surface area contributed by atoms with Crippen molar-refractivity contribution < 1.29 is 9.59 Å². The Morgan fingerprint density at radius 1 is 1.47 bits per heavy atom. The predicted molar refractivity (Wildman–Crippen MR) is 78.7 cm³/mol. The summed E-state index contributed by atoms with van der Waals surface area (Å²) in [6.07, 6.45) is 3.04. The highest BCUT2D eigenvalue weighted by Crippen LogP contribution is 2.23. The zero-order chi connectivity index (χ0) is 14.6. The van der Waals surface area contributed by atoms with E-state index in [0.29, 0.717) is 24.4 Å². The minimum absolute atomic E-state index is 0.111. The highest BCUT2D eigenvalue weighted by Gasteiger charge is 2.37. The topological polar surface area (TPSA) is 75.4 Å². The van der Waals surface area contributed by atoms with Gasteiger partial charge < -0.3 is 11.1 Å². The lowest BCUT2D eigenvalue weighted by Gasteiger charge is -2.23. The molecule has 19 heavy (non-hydrogen) atoms. The molecule has 1 heterocycles. The molecule has 108 valence electrons. The largest absolute Gasteiger partial charge is 0.393 e. The van der Waals surface area contributed by atoms with Crippen molar-refractivity contribution >= 4 is 29.1 Å². The first-order valence-corrected chi connectivity index (χ1v) is 7.12. The van der Waals surface area contributed by atoms with Gasteiger partial charge >= 0.3 is 6.03 Å². The molecule has 0 spiro atoms. The normalized spacial score (nSPS) is 19.7. The van der Waals surface area contributed by atoms with E-state index in [4.69, 9.17) is 18.0 Å². The molecule has 1 saturated heterocycles. The first-order chi connectivity index (χ1) is 8.79. The number of nitrogens with one attached hydrogen (secondary N) is 1. The number of amides is 3. The molecular formula is C13H23N3O2S. The Kier molecular flexibility index (Phi) is 5.29. The fourth-order valence-corrected chi connectivity index (χ4v) is 2.18. The molecule has 1 rings (SSSR count). The fraction of sp³-hybridized carbons (Fsp3) is 0.769. The van der Waals surface area contributed by atoms with E-state index in [2.05, 4.69) is 5.32 Å². The number of hydrogen-bond acceptors (Lipinski definition) is 3. The molecule has 0 aromatic rings. The van der Waals surface area contributed by atoms with Crippen molar-refractivity contribution in [2.24, 2.45) is 11.1 Å². The third kappa shape index (κ3) is 3.89. The summed E-state index contributed by atoms with van der Waals surface area (Å²) in [5, 5.41) is 2.71. The number of rotatable bonds is 7. The van der Waals surface area contributed by atoms with E-state index in [1.807, 2.05) is 20.8 Å². The van der Waals surface area contributed by atoms with Crippen LogP contribution in [0.1, 0.15) is 46.5 Å². The van der Waals surface area contributed by atoms with Crippen molar-refractivity contribution in [3.63, 3.8) is 0 Å². The zero-order valence-electron chi connectivity index (χ0n) is 11.9. The Bertz CT molecular complexity index is 382. The van der Waals surface area contributed by atoms with Gasteiger partial charge in [-0.1, -0.05) is 39.4 Å². The Hall–Kier alpha value is -1.17. The van der Waals surface area contributed by atoms with E-state index in [0.717, 1.165) is 12.8 Å². The number of carbonyl (C=O) groups excluding carboxylic acids is 2. The third-order valence-corrected chi connectivity index (χ3v) is 4.09.